The summed E-state index contributed by atoms with van der Waals surface area (Å²) in [5.41, 5.74) is 2.12. The summed E-state index contributed by atoms with van der Waals surface area (Å²) in [7, 11) is 1.46. The maximum Gasteiger partial charge on any atom is 0.343 e. The predicted molar refractivity (Wildman–Crippen MR) is 141 cm³/mol. The third-order valence-corrected chi connectivity index (χ3v) is 6.63. The Balaban J connectivity index is 1.42. The van der Waals surface area contributed by atoms with E-state index in [9.17, 15) is 14.4 Å². The van der Waals surface area contributed by atoms with Crippen LogP contribution in [0.3, 0.4) is 0 Å². The number of aryl methyl sites for hydroxylation is 1. The molecule has 3 aromatic carbocycles. The number of halogens is 1. The molecule has 1 saturated heterocycles. The topological polar surface area (TPSA) is 82.1 Å². The summed E-state index contributed by atoms with van der Waals surface area (Å²) in [5, 5.41) is -0.356. The minimum atomic E-state index is -0.531. The van der Waals surface area contributed by atoms with E-state index in [-0.39, 0.29) is 35.0 Å². The highest BCUT2D eigenvalue weighted by Gasteiger charge is 2.34. The van der Waals surface area contributed by atoms with Crippen molar-refractivity contribution in [3.05, 3.63) is 92.8 Å². The number of hydrogen-bond donors (Lipinski definition) is 0. The van der Waals surface area contributed by atoms with Gasteiger partial charge in [0.1, 0.15) is 12.4 Å². The van der Waals surface area contributed by atoms with Gasteiger partial charge in [0.05, 0.1) is 24.1 Å². The Morgan fingerprint density at radius 1 is 1.03 bits per heavy atom. The van der Waals surface area contributed by atoms with Gasteiger partial charge in [-0.2, -0.15) is 0 Å². The van der Waals surface area contributed by atoms with Gasteiger partial charge in [0.25, 0.3) is 11.1 Å². The quantitative estimate of drug-likeness (QED) is 0.185. The lowest BCUT2D eigenvalue weighted by Crippen LogP contribution is -2.32. The summed E-state index contributed by atoms with van der Waals surface area (Å²) < 4.78 is 17.3. The first kappa shape index (κ1) is 25.5. The van der Waals surface area contributed by atoms with Gasteiger partial charge in [-0.05, 0) is 72.8 Å². The van der Waals surface area contributed by atoms with Crippen molar-refractivity contribution in [2.45, 2.75) is 6.92 Å². The maximum atomic E-state index is 12.8. The van der Waals surface area contributed by atoms with E-state index in [1.165, 1.54) is 7.11 Å². The van der Waals surface area contributed by atoms with Crippen LogP contribution < -0.4 is 14.2 Å². The van der Waals surface area contributed by atoms with Crippen molar-refractivity contribution in [1.82, 2.24) is 4.90 Å². The van der Waals surface area contributed by atoms with Crippen molar-refractivity contribution in [1.29, 1.82) is 0 Å². The summed E-state index contributed by atoms with van der Waals surface area (Å²) in [4.78, 5) is 39.2. The summed E-state index contributed by atoms with van der Waals surface area (Å²) in [5.74, 6) is 0.313. The molecule has 0 aromatic heterocycles. The van der Waals surface area contributed by atoms with Crippen LogP contribution in [-0.4, -0.2) is 42.3 Å². The number of thioether (sulfide) groups is 1. The normalized spacial score (nSPS) is 14.3. The molecule has 0 N–H and O–H groups in total. The fourth-order valence-electron chi connectivity index (χ4n) is 3.37. The summed E-state index contributed by atoms with van der Waals surface area (Å²) >= 11 is 4.20. The molecular weight excluding hydrogens is 546 g/mol. The van der Waals surface area contributed by atoms with E-state index in [0.717, 1.165) is 26.7 Å². The number of esters is 1. The Kier molecular flexibility index (Phi) is 8.12. The van der Waals surface area contributed by atoms with Crippen molar-refractivity contribution >= 4 is 50.9 Å². The lowest BCUT2D eigenvalue weighted by Gasteiger charge is -2.13. The van der Waals surface area contributed by atoms with Crippen LogP contribution in [0.1, 0.15) is 21.5 Å². The molecule has 0 radical (unpaired) electrons. The van der Waals surface area contributed by atoms with E-state index in [4.69, 9.17) is 14.2 Å². The van der Waals surface area contributed by atoms with Crippen molar-refractivity contribution in [3.8, 4) is 17.2 Å². The molecular formula is C27H22BrNO6S. The maximum absolute atomic E-state index is 12.8. The third-order valence-electron chi connectivity index (χ3n) is 5.23. The van der Waals surface area contributed by atoms with E-state index in [1.54, 1.807) is 42.5 Å². The van der Waals surface area contributed by atoms with E-state index in [0.29, 0.717) is 22.6 Å². The third kappa shape index (κ3) is 6.16. The van der Waals surface area contributed by atoms with Crippen LogP contribution in [0.25, 0.3) is 6.08 Å². The summed E-state index contributed by atoms with van der Waals surface area (Å²) in [6, 6.07) is 19.3. The predicted octanol–water partition coefficient (Wildman–Crippen LogP) is 6.10. The molecule has 1 heterocycles. The van der Waals surface area contributed by atoms with Crippen LogP contribution in [0, 0.1) is 6.92 Å². The molecule has 4 rings (SSSR count). The molecule has 1 aliphatic rings. The van der Waals surface area contributed by atoms with Crippen LogP contribution in [-0.2, 0) is 4.79 Å². The van der Waals surface area contributed by atoms with Gasteiger partial charge in [-0.15, -0.1) is 0 Å². The zero-order chi connectivity index (χ0) is 25.7. The van der Waals surface area contributed by atoms with Crippen LogP contribution in [0.2, 0.25) is 0 Å². The molecule has 0 spiro atoms. The van der Waals surface area contributed by atoms with Crippen LogP contribution in [0.4, 0.5) is 4.79 Å². The minimum absolute atomic E-state index is 0.143. The van der Waals surface area contributed by atoms with E-state index in [1.807, 2.05) is 37.3 Å². The zero-order valence-electron chi connectivity index (χ0n) is 19.5. The number of ether oxygens (including phenoxy) is 3. The number of hydrogen-bond acceptors (Lipinski definition) is 7. The number of methoxy groups -OCH3 is 1. The summed E-state index contributed by atoms with van der Waals surface area (Å²) in [6.07, 6.45) is 1.61. The molecule has 0 aliphatic carbocycles. The van der Waals surface area contributed by atoms with Gasteiger partial charge in [0.15, 0.2) is 11.5 Å². The van der Waals surface area contributed by atoms with Crippen molar-refractivity contribution < 1.29 is 28.6 Å². The highest BCUT2D eigenvalue weighted by atomic mass is 79.9. The molecule has 1 fully saturated rings. The monoisotopic (exact) mass is 567 g/mol. The number of carbonyl (C=O) groups is 3. The second kappa shape index (κ2) is 11.5. The molecule has 7 nitrogen and oxygen atoms in total. The van der Waals surface area contributed by atoms with Gasteiger partial charge in [-0.1, -0.05) is 45.8 Å². The number of benzene rings is 3. The Bertz CT molecular complexity index is 1340. The number of imide groups is 1. The smallest absolute Gasteiger partial charge is 0.343 e. The minimum Gasteiger partial charge on any atom is -0.493 e. The first-order chi connectivity index (χ1) is 17.3. The van der Waals surface area contributed by atoms with Gasteiger partial charge in [0.2, 0.25) is 0 Å². The largest absolute Gasteiger partial charge is 0.493 e. The number of nitrogens with zero attached hydrogens (tertiary/aromatic N) is 1. The average molecular weight is 568 g/mol. The van der Waals surface area contributed by atoms with Gasteiger partial charge in [-0.3, -0.25) is 14.5 Å². The van der Waals surface area contributed by atoms with E-state index in [2.05, 4.69) is 15.9 Å². The first-order valence-corrected chi connectivity index (χ1v) is 12.6. The van der Waals surface area contributed by atoms with Crippen molar-refractivity contribution in [3.63, 3.8) is 0 Å². The number of carbonyl (C=O) groups excluding carboxylic acids is 3. The Morgan fingerprint density at radius 3 is 2.53 bits per heavy atom. The van der Waals surface area contributed by atoms with Gasteiger partial charge < -0.3 is 14.2 Å². The molecule has 3 aromatic rings. The molecule has 0 unspecified atom stereocenters. The second-order valence-corrected chi connectivity index (χ2v) is 9.71. The summed E-state index contributed by atoms with van der Waals surface area (Å²) in [6.45, 7) is 2.32. The zero-order valence-corrected chi connectivity index (χ0v) is 21.9. The first-order valence-electron chi connectivity index (χ1n) is 10.9. The van der Waals surface area contributed by atoms with Gasteiger partial charge in [-0.25, -0.2) is 4.79 Å². The van der Waals surface area contributed by atoms with Gasteiger partial charge in [0, 0.05) is 4.47 Å². The van der Waals surface area contributed by atoms with Gasteiger partial charge >= 0.3 is 5.97 Å². The molecule has 0 bridgehead atoms. The van der Waals surface area contributed by atoms with Crippen molar-refractivity contribution in [2.75, 3.05) is 20.3 Å². The lowest BCUT2D eigenvalue weighted by atomic mass is 10.1. The van der Waals surface area contributed by atoms with Crippen LogP contribution in [0.5, 0.6) is 17.2 Å². The standard InChI is InChI=1S/C27H22BrNO6S/c1-17-6-9-21(10-7-17)34-13-12-29-25(30)24(36-27(29)32)15-18-8-11-22(23(14-18)33-2)35-26(31)19-4-3-5-20(28)16-19/h3-11,14-16H,12-13H2,1-2H3/b24-15-. The van der Waals surface area contributed by atoms with Crippen LogP contribution in [0.15, 0.2) is 76.1 Å². The van der Waals surface area contributed by atoms with E-state index >= 15 is 0 Å². The van der Waals surface area contributed by atoms with E-state index < -0.39 is 5.97 Å². The molecule has 184 valence electrons. The Morgan fingerprint density at radius 2 is 1.81 bits per heavy atom. The van der Waals surface area contributed by atoms with Crippen LogP contribution >= 0.6 is 27.7 Å². The number of rotatable bonds is 8. The highest BCUT2D eigenvalue weighted by molar-refractivity contribution is 9.10. The number of amides is 2. The average Bonchev–Trinajstić information content (AvgIpc) is 3.13. The molecule has 0 atom stereocenters. The lowest BCUT2D eigenvalue weighted by molar-refractivity contribution is -0.123. The Labute approximate surface area is 221 Å². The SMILES string of the molecule is COc1cc(/C=C2\SC(=O)N(CCOc3ccc(C)cc3)C2=O)ccc1OC(=O)c1cccc(Br)c1. The second-order valence-electron chi connectivity index (χ2n) is 7.81. The Hall–Kier alpha value is -3.56. The molecule has 9 heteroatoms. The fourth-order valence-corrected chi connectivity index (χ4v) is 4.63. The molecule has 2 amide bonds. The van der Waals surface area contributed by atoms with Crippen molar-refractivity contribution in [2.24, 2.45) is 0 Å². The molecule has 36 heavy (non-hydrogen) atoms. The fraction of sp³-hybridized carbons (Fsp3) is 0.148. The molecule has 1 aliphatic heterocycles. The molecule has 0 saturated carbocycles. The highest BCUT2D eigenvalue weighted by Crippen LogP contribution is 2.35.